The van der Waals surface area contributed by atoms with Gasteiger partial charge in [-0.2, -0.15) is 9.57 Å². The van der Waals surface area contributed by atoms with Crippen LogP contribution in [0.25, 0.3) is 0 Å². The monoisotopic (exact) mass is 281 g/mol. The van der Waals surface area contributed by atoms with Gasteiger partial charge in [0.1, 0.15) is 6.10 Å². The van der Waals surface area contributed by atoms with Crippen molar-refractivity contribution in [1.82, 2.24) is 9.29 Å². The van der Waals surface area contributed by atoms with E-state index in [0.717, 1.165) is 0 Å². The second kappa shape index (κ2) is 5.55. The molecular formula is C12H15N3O3S. The van der Waals surface area contributed by atoms with Crippen LogP contribution in [0.1, 0.15) is 18.9 Å². The molecule has 0 bridgehead atoms. The minimum Gasteiger partial charge on any atom is -0.473 e. The summed E-state index contributed by atoms with van der Waals surface area (Å²) in [5.74, 6) is 0.460. The minimum atomic E-state index is -3.16. The number of aromatic nitrogens is 1. The van der Waals surface area contributed by atoms with E-state index in [2.05, 4.69) is 4.98 Å². The smallest absolute Gasteiger partial charge is 0.214 e. The molecule has 1 aliphatic rings. The average molecular weight is 281 g/mol. The second-order valence-electron chi connectivity index (χ2n) is 4.28. The highest BCUT2D eigenvalue weighted by molar-refractivity contribution is 7.89. The molecule has 0 amide bonds. The molecule has 0 aromatic carbocycles. The van der Waals surface area contributed by atoms with E-state index < -0.39 is 10.0 Å². The molecule has 1 saturated heterocycles. The Morgan fingerprint density at radius 2 is 2.42 bits per heavy atom. The van der Waals surface area contributed by atoms with Gasteiger partial charge in [0.15, 0.2) is 0 Å². The van der Waals surface area contributed by atoms with Crippen molar-refractivity contribution in [3.8, 4) is 11.9 Å². The fourth-order valence-corrected chi connectivity index (χ4v) is 3.09. The first-order valence-electron chi connectivity index (χ1n) is 6.06. The number of ether oxygens (including phenoxy) is 1. The zero-order chi connectivity index (χ0) is 13.9. The number of rotatable bonds is 4. The van der Waals surface area contributed by atoms with Crippen LogP contribution in [-0.2, 0) is 10.0 Å². The van der Waals surface area contributed by atoms with Crippen molar-refractivity contribution < 1.29 is 13.2 Å². The van der Waals surface area contributed by atoms with Crippen LogP contribution < -0.4 is 4.74 Å². The molecule has 0 radical (unpaired) electrons. The zero-order valence-corrected chi connectivity index (χ0v) is 11.4. The van der Waals surface area contributed by atoms with E-state index >= 15 is 0 Å². The first-order valence-corrected chi connectivity index (χ1v) is 7.66. The molecule has 1 aromatic heterocycles. The van der Waals surface area contributed by atoms with Crippen molar-refractivity contribution in [3.05, 3.63) is 23.9 Å². The SMILES string of the molecule is CCS(=O)(=O)N1CCC(Oc2cc(C#N)ccn2)C1. The Morgan fingerprint density at radius 1 is 1.63 bits per heavy atom. The second-order valence-corrected chi connectivity index (χ2v) is 6.54. The van der Waals surface area contributed by atoms with Crippen molar-refractivity contribution in [2.45, 2.75) is 19.4 Å². The van der Waals surface area contributed by atoms with Crippen molar-refractivity contribution >= 4 is 10.0 Å². The standard InChI is InChI=1S/C12H15N3O3S/c1-2-19(16,17)15-6-4-11(9-15)18-12-7-10(8-13)3-5-14-12/h3,5,7,11H,2,4,6,9H2,1H3. The minimum absolute atomic E-state index is 0.0991. The Balaban J connectivity index is 2.01. The van der Waals surface area contributed by atoms with Gasteiger partial charge in [-0.3, -0.25) is 0 Å². The number of hydrogen-bond acceptors (Lipinski definition) is 5. The van der Waals surface area contributed by atoms with Gasteiger partial charge >= 0.3 is 0 Å². The van der Waals surface area contributed by atoms with Crippen LogP contribution in [0.2, 0.25) is 0 Å². The summed E-state index contributed by atoms with van der Waals surface area (Å²) in [5.41, 5.74) is 0.473. The maximum absolute atomic E-state index is 11.7. The molecule has 1 aromatic rings. The molecule has 102 valence electrons. The Kier molecular flexibility index (Phi) is 4.02. The first kappa shape index (κ1) is 13.8. The molecule has 1 aliphatic heterocycles. The number of sulfonamides is 1. The van der Waals surface area contributed by atoms with Gasteiger partial charge in [0.25, 0.3) is 0 Å². The maximum Gasteiger partial charge on any atom is 0.214 e. The molecule has 1 fully saturated rings. The van der Waals surface area contributed by atoms with Gasteiger partial charge in [-0.25, -0.2) is 13.4 Å². The molecule has 1 unspecified atom stereocenters. The van der Waals surface area contributed by atoms with Gasteiger partial charge in [0, 0.05) is 18.8 Å². The van der Waals surface area contributed by atoms with Crippen LogP contribution in [0.15, 0.2) is 18.3 Å². The molecular weight excluding hydrogens is 266 g/mol. The van der Waals surface area contributed by atoms with E-state index in [1.807, 2.05) is 6.07 Å². The predicted molar refractivity (Wildman–Crippen MR) is 69.0 cm³/mol. The fraction of sp³-hybridized carbons (Fsp3) is 0.500. The van der Waals surface area contributed by atoms with Crippen molar-refractivity contribution in [3.63, 3.8) is 0 Å². The lowest BCUT2D eigenvalue weighted by Crippen LogP contribution is -2.32. The van der Waals surface area contributed by atoms with Gasteiger partial charge in [-0.15, -0.1) is 0 Å². The summed E-state index contributed by atoms with van der Waals surface area (Å²) >= 11 is 0. The molecule has 2 rings (SSSR count). The Labute approximate surface area is 112 Å². The largest absolute Gasteiger partial charge is 0.473 e. The third kappa shape index (κ3) is 3.22. The summed E-state index contributed by atoms with van der Waals surface area (Å²) in [6, 6.07) is 5.15. The van der Waals surface area contributed by atoms with Crippen LogP contribution in [0.5, 0.6) is 5.88 Å². The van der Waals surface area contributed by atoms with Gasteiger partial charge < -0.3 is 4.74 Å². The zero-order valence-electron chi connectivity index (χ0n) is 10.6. The normalized spacial score (nSPS) is 20.1. The highest BCUT2D eigenvalue weighted by atomic mass is 32.2. The van der Waals surface area contributed by atoms with E-state index in [1.165, 1.54) is 10.5 Å². The molecule has 2 heterocycles. The first-order chi connectivity index (χ1) is 9.05. The molecule has 19 heavy (non-hydrogen) atoms. The van der Waals surface area contributed by atoms with Gasteiger partial charge in [0.05, 0.1) is 23.9 Å². The number of nitrogens with zero attached hydrogens (tertiary/aromatic N) is 3. The molecule has 1 atom stereocenters. The summed E-state index contributed by atoms with van der Waals surface area (Å²) in [7, 11) is -3.16. The van der Waals surface area contributed by atoms with E-state index in [1.54, 1.807) is 19.1 Å². The topological polar surface area (TPSA) is 83.3 Å². The quantitative estimate of drug-likeness (QED) is 0.813. The Bertz CT molecular complexity index is 594. The van der Waals surface area contributed by atoms with Gasteiger partial charge in [0.2, 0.25) is 15.9 Å². The highest BCUT2D eigenvalue weighted by Gasteiger charge is 2.31. The summed E-state index contributed by atoms with van der Waals surface area (Å²) in [6.07, 6.45) is 1.93. The van der Waals surface area contributed by atoms with Crippen LogP contribution in [0.4, 0.5) is 0 Å². The molecule has 0 N–H and O–H groups in total. The van der Waals surface area contributed by atoms with E-state index in [4.69, 9.17) is 10.00 Å². The molecule has 7 heteroatoms. The van der Waals surface area contributed by atoms with Crippen molar-refractivity contribution in [1.29, 1.82) is 5.26 Å². The van der Waals surface area contributed by atoms with E-state index in [9.17, 15) is 8.42 Å². The lowest BCUT2D eigenvalue weighted by molar-refractivity contribution is 0.207. The van der Waals surface area contributed by atoms with E-state index in [-0.39, 0.29) is 11.9 Å². The van der Waals surface area contributed by atoms with Crippen LogP contribution in [0.3, 0.4) is 0 Å². The van der Waals surface area contributed by atoms with Crippen LogP contribution in [-0.4, -0.2) is 42.7 Å². The molecule has 0 saturated carbocycles. The van der Waals surface area contributed by atoms with Gasteiger partial charge in [-0.05, 0) is 19.4 Å². The highest BCUT2D eigenvalue weighted by Crippen LogP contribution is 2.19. The van der Waals surface area contributed by atoms with Crippen molar-refractivity contribution in [2.24, 2.45) is 0 Å². The Morgan fingerprint density at radius 3 is 3.11 bits per heavy atom. The fourth-order valence-electron chi connectivity index (χ4n) is 1.94. The van der Waals surface area contributed by atoms with Crippen molar-refractivity contribution in [2.75, 3.05) is 18.8 Å². The lowest BCUT2D eigenvalue weighted by Gasteiger charge is -2.15. The van der Waals surface area contributed by atoms with E-state index in [0.29, 0.717) is 31.0 Å². The summed E-state index contributed by atoms with van der Waals surface area (Å²) in [5, 5.41) is 8.78. The Hall–Kier alpha value is -1.65. The summed E-state index contributed by atoms with van der Waals surface area (Å²) < 4.78 is 30.5. The summed E-state index contributed by atoms with van der Waals surface area (Å²) in [6.45, 7) is 2.44. The van der Waals surface area contributed by atoms with Crippen LogP contribution >= 0.6 is 0 Å². The number of pyridine rings is 1. The predicted octanol–water partition coefficient (Wildman–Crippen LogP) is 0.756. The maximum atomic E-state index is 11.7. The molecule has 6 nitrogen and oxygen atoms in total. The number of nitriles is 1. The average Bonchev–Trinajstić information content (AvgIpc) is 2.88. The van der Waals surface area contributed by atoms with Crippen LogP contribution in [0, 0.1) is 11.3 Å². The number of hydrogen-bond donors (Lipinski definition) is 0. The lowest BCUT2D eigenvalue weighted by atomic mass is 10.3. The molecule has 0 aliphatic carbocycles. The third-order valence-electron chi connectivity index (χ3n) is 3.02. The summed E-state index contributed by atoms with van der Waals surface area (Å²) in [4.78, 5) is 4.02. The van der Waals surface area contributed by atoms with Gasteiger partial charge in [-0.1, -0.05) is 0 Å². The third-order valence-corrected chi connectivity index (χ3v) is 4.87. The molecule has 0 spiro atoms.